The fourth-order valence-corrected chi connectivity index (χ4v) is 3.17. The van der Waals surface area contributed by atoms with Crippen LogP contribution in [-0.4, -0.2) is 36.9 Å². The van der Waals surface area contributed by atoms with E-state index in [1.807, 2.05) is 12.1 Å². The number of pyridine rings is 1. The zero-order valence-corrected chi connectivity index (χ0v) is 15.8. The van der Waals surface area contributed by atoms with Gasteiger partial charge in [0.25, 0.3) is 0 Å². The van der Waals surface area contributed by atoms with Gasteiger partial charge in [0.2, 0.25) is 5.91 Å². The van der Waals surface area contributed by atoms with Crippen molar-refractivity contribution in [2.24, 2.45) is 0 Å². The van der Waals surface area contributed by atoms with Crippen LogP contribution in [0.25, 0.3) is 22.2 Å². The summed E-state index contributed by atoms with van der Waals surface area (Å²) in [7, 11) is 5.80. The number of aryl methyl sites for hydroxylation is 1. The number of nitrogens with zero attached hydrogens (tertiary/aromatic N) is 2. The maximum absolute atomic E-state index is 11.6. The Bertz CT molecular complexity index is 947. The van der Waals surface area contributed by atoms with Crippen LogP contribution >= 0.6 is 0 Å². The molecule has 1 heterocycles. The summed E-state index contributed by atoms with van der Waals surface area (Å²) >= 11 is 0. The van der Waals surface area contributed by atoms with E-state index in [0.717, 1.165) is 34.3 Å². The van der Waals surface area contributed by atoms with Crippen molar-refractivity contribution < 1.29 is 4.79 Å². The van der Waals surface area contributed by atoms with Crippen LogP contribution in [0.15, 0.2) is 48.5 Å². The van der Waals surface area contributed by atoms with E-state index in [1.165, 1.54) is 11.1 Å². The molecule has 4 heteroatoms. The third kappa shape index (κ3) is 4.09. The summed E-state index contributed by atoms with van der Waals surface area (Å²) in [4.78, 5) is 18.6. The van der Waals surface area contributed by atoms with Gasteiger partial charge < -0.3 is 10.2 Å². The number of carbonyl (C=O) groups is 1. The van der Waals surface area contributed by atoms with E-state index in [4.69, 9.17) is 4.98 Å². The van der Waals surface area contributed by atoms with Crippen molar-refractivity contribution in [2.45, 2.75) is 19.9 Å². The molecule has 134 valence electrons. The summed E-state index contributed by atoms with van der Waals surface area (Å²) in [5.41, 5.74) is 6.51. The lowest BCUT2D eigenvalue weighted by atomic mass is 10.0. The minimum Gasteiger partial charge on any atom is -0.359 e. The summed E-state index contributed by atoms with van der Waals surface area (Å²) in [6.45, 7) is 3.00. The van der Waals surface area contributed by atoms with Gasteiger partial charge in [0, 0.05) is 24.5 Å². The summed E-state index contributed by atoms with van der Waals surface area (Å²) in [6, 6.07) is 16.7. The fraction of sp³-hybridized carbons (Fsp3) is 0.273. The van der Waals surface area contributed by atoms with Crippen LogP contribution in [-0.2, 0) is 17.8 Å². The molecule has 0 atom stereocenters. The predicted molar refractivity (Wildman–Crippen MR) is 107 cm³/mol. The zero-order valence-electron chi connectivity index (χ0n) is 15.8. The second-order valence-corrected chi connectivity index (χ2v) is 6.96. The van der Waals surface area contributed by atoms with Crippen molar-refractivity contribution in [3.63, 3.8) is 0 Å². The first-order chi connectivity index (χ1) is 12.5. The first-order valence-electron chi connectivity index (χ1n) is 8.81. The summed E-state index contributed by atoms with van der Waals surface area (Å²) in [5, 5.41) is 3.76. The number of fused-ring (bicyclic) bond motifs is 1. The third-order valence-corrected chi connectivity index (χ3v) is 4.45. The number of aromatic nitrogens is 1. The standard InChI is InChI=1S/C22H25N3O/c1-15-10-21(18-7-5-6-17(11-18)14-25(3)4)24-20-9-8-16(12-19(15)20)13-22(26)23-2/h5-12H,13-14H2,1-4H3,(H,23,26). The number of nitrogens with one attached hydrogen (secondary N) is 1. The lowest BCUT2D eigenvalue weighted by molar-refractivity contribution is -0.119. The molecule has 0 radical (unpaired) electrons. The minimum absolute atomic E-state index is 0.0179. The quantitative estimate of drug-likeness (QED) is 0.767. The second-order valence-electron chi connectivity index (χ2n) is 6.96. The molecular weight excluding hydrogens is 322 g/mol. The van der Waals surface area contributed by atoms with E-state index in [-0.39, 0.29) is 5.91 Å². The monoisotopic (exact) mass is 347 g/mol. The normalized spacial score (nSPS) is 11.1. The molecule has 1 amide bonds. The van der Waals surface area contributed by atoms with E-state index >= 15 is 0 Å². The van der Waals surface area contributed by atoms with Crippen LogP contribution in [0, 0.1) is 6.92 Å². The van der Waals surface area contributed by atoms with Crippen LogP contribution < -0.4 is 5.32 Å². The Morgan fingerprint density at radius 1 is 1.08 bits per heavy atom. The fourth-order valence-electron chi connectivity index (χ4n) is 3.17. The van der Waals surface area contributed by atoms with Gasteiger partial charge in [0.15, 0.2) is 0 Å². The van der Waals surface area contributed by atoms with Gasteiger partial charge in [-0.05, 0) is 62.0 Å². The molecule has 1 N–H and O–H groups in total. The van der Waals surface area contributed by atoms with Crippen LogP contribution in [0.4, 0.5) is 0 Å². The zero-order chi connectivity index (χ0) is 18.7. The average molecular weight is 347 g/mol. The van der Waals surface area contributed by atoms with Gasteiger partial charge in [0.1, 0.15) is 0 Å². The van der Waals surface area contributed by atoms with Crippen molar-refractivity contribution in [2.75, 3.05) is 21.1 Å². The van der Waals surface area contributed by atoms with E-state index in [1.54, 1.807) is 7.05 Å². The van der Waals surface area contributed by atoms with Crippen molar-refractivity contribution in [1.29, 1.82) is 0 Å². The Morgan fingerprint density at radius 2 is 1.88 bits per heavy atom. The Labute approximate surface area is 154 Å². The first kappa shape index (κ1) is 18.1. The van der Waals surface area contributed by atoms with Gasteiger partial charge in [-0.2, -0.15) is 0 Å². The average Bonchev–Trinajstić information content (AvgIpc) is 2.61. The summed E-state index contributed by atoms with van der Waals surface area (Å²) < 4.78 is 0. The van der Waals surface area contributed by atoms with Gasteiger partial charge in [0.05, 0.1) is 17.6 Å². The molecular formula is C22H25N3O. The van der Waals surface area contributed by atoms with Gasteiger partial charge in [-0.25, -0.2) is 4.98 Å². The van der Waals surface area contributed by atoms with Crippen molar-refractivity contribution in [3.05, 3.63) is 65.2 Å². The summed E-state index contributed by atoms with van der Waals surface area (Å²) in [6.07, 6.45) is 0.389. The number of benzene rings is 2. The number of rotatable bonds is 5. The van der Waals surface area contributed by atoms with Gasteiger partial charge in [-0.1, -0.05) is 24.3 Å². The topological polar surface area (TPSA) is 45.2 Å². The van der Waals surface area contributed by atoms with E-state index in [9.17, 15) is 4.79 Å². The van der Waals surface area contributed by atoms with E-state index in [2.05, 4.69) is 67.6 Å². The molecule has 0 aliphatic rings. The SMILES string of the molecule is CNC(=O)Cc1ccc2nc(-c3cccc(CN(C)C)c3)cc(C)c2c1. The largest absolute Gasteiger partial charge is 0.359 e. The molecule has 0 saturated heterocycles. The number of carbonyl (C=O) groups excluding carboxylic acids is 1. The molecule has 0 bridgehead atoms. The molecule has 4 nitrogen and oxygen atoms in total. The highest BCUT2D eigenvalue weighted by Gasteiger charge is 2.08. The highest BCUT2D eigenvalue weighted by Crippen LogP contribution is 2.26. The molecule has 0 fully saturated rings. The highest BCUT2D eigenvalue weighted by molar-refractivity contribution is 5.87. The number of likely N-dealkylation sites (N-methyl/N-ethyl adjacent to an activating group) is 1. The maximum atomic E-state index is 11.6. The van der Waals surface area contributed by atoms with Crippen molar-refractivity contribution in [3.8, 4) is 11.3 Å². The van der Waals surface area contributed by atoms with Gasteiger partial charge in [-0.15, -0.1) is 0 Å². The summed E-state index contributed by atoms with van der Waals surface area (Å²) in [5.74, 6) is 0.0179. The molecule has 2 aromatic carbocycles. The Hall–Kier alpha value is -2.72. The van der Waals surface area contributed by atoms with Crippen LogP contribution in [0.2, 0.25) is 0 Å². The predicted octanol–water partition coefficient (Wildman–Crippen LogP) is 3.56. The molecule has 1 aromatic heterocycles. The number of hydrogen-bond acceptors (Lipinski definition) is 3. The molecule has 3 rings (SSSR count). The number of amides is 1. The molecule has 0 aliphatic heterocycles. The second kappa shape index (κ2) is 7.67. The van der Waals surface area contributed by atoms with Crippen molar-refractivity contribution in [1.82, 2.24) is 15.2 Å². The maximum Gasteiger partial charge on any atom is 0.224 e. The van der Waals surface area contributed by atoms with E-state index < -0.39 is 0 Å². The first-order valence-corrected chi connectivity index (χ1v) is 8.81. The molecule has 3 aromatic rings. The molecule has 0 spiro atoms. The Kier molecular flexibility index (Phi) is 5.33. The Morgan fingerprint density at radius 3 is 2.62 bits per heavy atom. The van der Waals surface area contributed by atoms with Gasteiger partial charge in [-0.3, -0.25) is 4.79 Å². The highest BCUT2D eigenvalue weighted by atomic mass is 16.1. The lowest BCUT2D eigenvalue weighted by Gasteiger charge is -2.12. The number of hydrogen-bond donors (Lipinski definition) is 1. The molecule has 0 unspecified atom stereocenters. The van der Waals surface area contributed by atoms with Gasteiger partial charge >= 0.3 is 0 Å². The van der Waals surface area contributed by atoms with E-state index in [0.29, 0.717) is 6.42 Å². The minimum atomic E-state index is 0.0179. The molecule has 0 saturated carbocycles. The molecule has 26 heavy (non-hydrogen) atoms. The molecule has 0 aliphatic carbocycles. The lowest BCUT2D eigenvalue weighted by Crippen LogP contribution is -2.19. The Balaban J connectivity index is 1.99. The van der Waals surface area contributed by atoms with Crippen LogP contribution in [0.5, 0.6) is 0 Å². The third-order valence-electron chi connectivity index (χ3n) is 4.45. The smallest absolute Gasteiger partial charge is 0.224 e. The van der Waals surface area contributed by atoms with Crippen molar-refractivity contribution >= 4 is 16.8 Å². The van der Waals surface area contributed by atoms with Crippen LogP contribution in [0.1, 0.15) is 16.7 Å². The van der Waals surface area contributed by atoms with Crippen LogP contribution in [0.3, 0.4) is 0 Å².